The smallest absolute Gasteiger partial charge is 0.115 e. The summed E-state index contributed by atoms with van der Waals surface area (Å²) in [6, 6.07) is 9.23. The van der Waals surface area contributed by atoms with Crippen LogP contribution in [-0.2, 0) is 0 Å². The molecule has 0 unspecified atom stereocenters. The second-order valence-electron chi connectivity index (χ2n) is 3.10. The van der Waals surface area contributed by atoms with Gasteiger partial charge in [-0.05, 0) is 48.4 Å². The van der Waals surface area contributed by atoms with Crippen molar-refractivity contribution in [3.05, 3.63) is 40.2 Å². The van der Waals surface area contributed by atoms with Crippen LogP contribution in [0.25, 0.3) is 10.4 Å². The zero-order chi connectivity index (χ0) is 10.1. The molecular weight excluding hydrogens is 216 g/mol. The number of phenolic OH excluding ortho intramolecular Hbond substituents is 1. The molecule has 0 saturated heterocycles. The van der Waals surface area contributed by atoms with Gasteiger partial charge >= 0.3 is 0 Å². The minimum absolute atomic E-state index is 0.300. The number of phenols is 1. The van der Waals surface area contributed by atoms with Gasteiger partial charge in [-0.3, -0.25) is 0 Å². The molecule has 2 aromatic rings. The van der Waals surface area contributed by atoms with E-state index >= 15 is 0 Å². The summed E-state index contributed by atoms with van der Waals surface area (Å²) < 4.78 is 0.785. The summed E-state index contributed by atoms with van der Waals surface area (Å²) in [7, 11) is 0. The zero-order valence-electron chi connectivity index (χ0n) is 7.62. The fourth-order valence-corrected chi connectivity index (χ4v) is 2.52. The summed E-state index contributed by atoms with van der Waals surface area (Å²) in [6.07, 6.45) is 0. The molecule has 1 N–H and O–H groups in total. The van der Waals surface area contributed by atoms with Crippen molar-refractivity contribution in [2.45, 2.75) is 6.92 Å². The van der Waals surface area contributed by atoms with Crippen LogP contribution in [0.4, 0.5) is 0 Å². The van der Waals surface area contributed by atoms with E-state index in [0.29, 0.717) is 5.75 Å². The number of thiophene rings is 1. The third-order valence-corrected chi connectivity index (χ3v) is 3.31. The summed E-state index contributed by atoms with van der Waals surface area (Å²) >= 11 is 7.41. The van der Waals surface area contributed by atoms with Gasteiger partial charge in [0.1, 0.15) is 5.75 Å². The topological polar surface area (TPSA) is 20.2 Å². The Labute approximate surface area is 91.6 Å². The lowest BCUT2D eigenvalue weighted by atomic mass is 10.1. The minimum atomic E-state index is 0.300. The van der Waals surface area contributed by atoms with E-state index in [9.17, 15) is 5.11 Å². The lowest BCUT2D eigenvalue weighted by Gasteiger charge is -2.02. The maximum atomic E-state index is 9.27. The molecule has 1 aromatic carbocycles. The number of rotatable bonds is 1. The summed E-state index contributed by atoms with van der Waals surface area (Å²) in [6.45, 7) is 1.97. The number of hydrogen-bond donors (Lipinski definition) is 1. The largest absolute Gasteiger partial charge is 0.508 e. The van der Waals surface area contributed by atoms with Crippen LogP contribution in [0.1, 0.15) is 5.56 Å². The van der Waals surface area contributed by atoms with Crippen LogP contribution in [0.3, 0.4) is 0 Å². The van der Waals surface area contributed by atoms with Gasteiger partial charge < -0.3 is 5.11 Å². The Balaban J connectivity index is 2.52. The van der Waals surface area contributed by atoms with Crippen molar-refractivity contribution in [1.82, 2.24) is 0 Å². The standard InChI is InChI=1S/C11H9ClOS/c1-7-6-8(13)2-3-9(7)10-4-5-11(12)14-10/h2-6,13H,1H3. The van der Waals surface area contributed by atoms with Crippen LogP contribution < -0.4 is 0 Å². The van der Waals surface area contributed by atoms with Gasteiger partial charge in [0.15, 0.2) is 0 Å². The summed E-state index contributed by atoms with van der Waals surface area (Å²) in [5.74, 6) is 0.300. The third kappa shape index (κ3) is 1.76. The molecule has 72 valence electrons. The van der Waals surface area contributed by atoms with E-state index in [1.807, 2.05) is 25.1 Å². The van der Waals surface area contributed by atoms with E-state index in [0.717, 1.165) is 20.3 Å². The molecule has 0 bridgehead atoms. The predicted molar refractivity (Wildman–Crippen MR) is 61.2 cm³/mol. The average Bonchev–Trinajstić information content (AvgIpc) is 2.51. The Morgan fingerprint density at radius 1 is 1.21 bits per heavy atom. The third-order valence-electron chi connectivity index (χ3n) is 2.05. The number of hydrogen-bond acceptors (Lipinski definition) is 2. The number of halogens is 1. The molecule has 0 radical (unpaired) electrons. The highest BCUT2D eigenvalue weighted by atomic mass is 35.5. The van der Waals surface area contributed by atoms with E-state index in [2.05, 4.69) is 0 Å². The number of aryl methyl sites for hydroxylation is 1. The molecule has 0 aliphatic carbocycles. The van der Waals surface area contributed by atoms with Crippen molar-refractivity contribution >= 4 is 22.9 Å². The van der Waals surface area contributed by atoms with Crippen molar-refractivity contribution in [2.75, 3.05) is 0 Å². The van der Waals surface area contributed by atoms with Gasteiger partial charge in [-0.1, -0.05) is 11.6 Å². The summed E-state index contributed by atoms with van der Waals surface area (Å²) in [5, 5.41) is 9.27. The van der Waals surface area contributed by atoms with Gasteiger partial charge in [-0.25, -0.2) is 0 Å². The Bertz CT molecular complexity index is 462. The van der Waals surface area contributed by atoms with Crippen molar-refractivity contribution in [2.24, 2.45) is 0 Å². The lowest BCUT2D eigenvalue weighted by Crippen LogP contribution is -1.78. The maximum absolute atomic E-state index is 9.27. The van der Waals surface area contributed by atoms with E-state index in [1.165, 1.54) is 0 Å². The van der Waals surface area contributed by atoms with E-state index < -0.39 is 0 Å². The van der Waals surface area contributed by atoms with Gasteiger partial charge in [0.05, 0.1) is 4.34 Å². The van der Waals surface area contributed by atoms with Crippen LogP contribution in [0, 0.1) is 6.92 Å². The fourth-order valence-electron chi connectivity index (χ4n) is 1.38. The average molecular weight is 225 g/mol. The molecule has 14 heavy (non-hydrogen) atoms. The Morgan fingerprint density at radius 2 is 2.00 bits per heavy atom. The molecule has 1 heterocycles. The monoisotopic (exact) mass is 224 g/mol. The van der Waals surface area contributed by atoms with E-state index in [4.69, 9.17) is 11.6 Å². The van der Waals surface area contributed by atoms with Crippen LogP contribution in [0.15, 0.2) is 30.3 Å². The van der Waals surface area contributed by atoms with Gasteiger partial charge in [0.2, 0.25) is 0 Å². The lowest BCUT2D eigenvalue weighted by molar-refractivity contribution is 0.475. The molecule has 0 saturated carbocycles. The fraction of sp³-hybridized carbons (Fsp3) is 0.0909. The van der Waals surface area contributed by atoms with Crippen LogP contribution >= 0.6 is 22.9 Å². The summed E-state index contributed by atoms with van der Waals surface area (Å²) in [4.78, 5) is 1.13. The highest BCUT2D eigenvalue weighted by Crippen LogP contribution is 2.33. The first-order valence-electron chi connectivity index (χ1n) is 4.22. The van der Waals surface area contributed by atoms with Crippen LogP contribution in [-0.4, -0.2) is 5.11 Å². The van der Waals surface area contributed by atoms with Gasteiger partial charge in [0, 0.05) is 4.88 Å². The Kier molecular flexibility index (Phi) is 2.48. The predicted octanol–water partition coefficient (Wildman–Crippen LogP) is 4.08. The molecular formula is C11H9ClOS. The molecule has 0 aliphatic rings. The van der Waals surface area contributed by atoms with Crippen LogP contribution in [0.2, 0.25) is 4.34 Å². The molecule has 0 atom stereocenters. The van der Waals surface area contributed by atoms with E-state index in [1.54, 1.807) is 23.5 Å². The second kappa shape index (κ2) is 3.64. The van der Waals surface area contributed by atoms with Gasteiger partial charge in [0.25, 0.3) is 0 Å². The molecule has 1 nitrogen and oxygen atoms in total. The first-order valence-corrected chi connectivity index (χ1v) is 5.41. The minimum Gasteiger partial charge on any atom is -0.508 e. The quantitative estimate of drug-likeness (QED) is 0.774. The number of aromatic hydroxyl groups is 1. The molecule has 0 amide bonds. The van der Waals surface area contributed by atoms with Crippen molar-refractivity contribution < 1.29 is 5.11 Å². The number of benzene rings is 1. The molecule has 0 spiro atoms. The molecule has 3 heteroatoms. The molecule has 1 aromatic heterocycles. The molecule has 0 aliphatic heterocycles. The van der Waals surface area contributed by atoms with Gasteiger partial charge in [-0.15, -0.1) is 11.3 Å². The Morgan fingerprint density at radius 3 is 2.57 bits per heavy atom. The summed E-state index contributed by atoms with van der Waals surface area (Å²) in [5.41, 5.74) is 2.18. The zero-order valence-corrected chi connectivity index (χ0v) is 9.19. The first kappa shape index (κ1) is 9.56. The van der Waals surface area contributed by atoms with Crippen LogP contribution in [0.5, 0.6) is 5.75 Å². The second-order valence-corrected chi connectivity index (χ2v) is 4.82. The molecule has 2 rings (SSSR count). The van der Waals surface area contributed by atoms with Crippen molar-refractivity contribution in [3.8, 4) is 16.2 Å². The van der Waals surface area contributed by atoms with Crippen molar-refractivity contribution in [3.63, 3.8) is 0 Å². The normalized spacial score (nSPS) is 10.4. The maximum Gasteiger partial charge on any atom is 0.115 e. The first-order chi connectivity index (χ1) is 6.66. The van der Waals surface area contributed by atoms with Gasteiger partial charge in [-0.2, -0.15) is 0 Å². The van der Waals surface area contributed by atoms with E-state index in [-0.39, 0.29) is 0 Å². The highest BCUT2D eigenvalue weighted by molar-refractivity contribution is 7.19. The molecule has 0 fully saturated rings. The SMILES string of the molecule is Cc1cc(O)ccc1-c1ccc(Cl)s1. The van der Waals surface area contributed by atoms with Crippen molar-refractivity contribution in [1.29, 1.82) is 0 Å². The highest BCUT2D eigenvalue weighted by Gasteiger charge is 2.04. The Hall–Kier alpha value is -0.990.